The zero-order valence-corrected chi connectivity index (χ0v) is 9.34. The van der Waals surface area contributed by atoms with Gasteiger partial charge in [0.25, 0.3) is 0 Å². The molecule has 1 aromatic carbocycles. The number of ether oxygens (including phenoxy) is 1. The zero-order valence-electron chi connectivity index (χ0n) is 9.34. The third-order valence-electron chi connectivity index (χ3n) is 1.96. The van der Waals surface area contributed by atoms with Crippen LogP contribution in [0.15, 0.2) is 18.2 Å². The maximum absolute atomic E-state index is 13.4. The molecule has 0 atom stereocenters. The quantitative estimate of drug-likeness (QED) is 0.797. The van der Waals surface area contributed by atoms with E-state index in [1.807, 2.05) is 0 Å². The van der Waals surface area contributed by atoms with Crippen LogP contribution >= 0.6 is 0 Å². The molecule has 0 aliphatic heterocycles. The van der Waals surface area contributed by atoms with Crippen molar-refractivity contribution < 1.29 is 13.9 Å². The number of benzene rings is 1. The Bertz CT molecular complexity index is 369. The first kappa shape index (κ1) is 12.3. The summed E-state index contributed by atoms with van der Waals surface area (Å²) in [6, 6.07) is 4.50. The molecule has 2 N–H and O–H groups in total. The minimum absolute atomic E-state index is 0.115. The smallest absolute Gasteiger partial charge is 0.239 e. The molecule has 5 heteroatoms. The fourth-order valence-electron chi connectivity index (χ4n) is 1.15. The van der Waals surface area contributed by atoms with Crippen LogP contribution in [0.1, 0.15) is 6.92 Å². The summed E-state index contributed by atoms with van der Waals surface area (Å²) in [5.74, 6) is -0.383. The van der Waals surface area contributed by atoms with Gasteiger partial charge in [0, 0.05) is 18.8 Å². The average Bonchev–Trinajstić information content (AvgIpc) is 2.29. The lowest BCUT2D eigenvalue weighted by atomic mass is 10.3. The molecule has 0 aromatic heterocycles. The highest BCUT2D eigenvalue weighted by atomic mass is 19.1. The molecule has 16 heavy (non-hydrogen) atoms. The molecule has 1 amide bonds. The van der Waals surface area contributed by atoms with E-state index in [4.69, 9.17) is 4.74 Å². The third kappa shape index (κ3) is 3.42. The summed E-state index contributed by atoms with van der Waals surface area (Å²) in [6.07, 6.45) is 0. The van der Waals surface area contributed by atoms with Gasteiger partial charge in [-0.1, -0.05) is 0 Å². The minimum atomic E-state index is -0.441. The number of nitrogens with one attached hydrogen (secondary N) is 2. The molecular weight excluding hydrogens is 211 g/mol. The van der Waals surface area contributed by atoms with Gasteiger partial charge >= 0.3 is 0 Å². The molecule has 4 nitrogen and oxygen atoms in total. The fourth-order valence-corrected chi connectivity index (χ4v) is 1.15. The lowest BCUT2D eigenvalue weighted by Gasteiger charge is -2.08. The van der Waals surface area contributed by atoms with Crippen LogP contribution in [0.3, 0.4) is 0 Å². The SMILES string of the molecule is CCOc1ccc(NCC(=O)NC)cc1F. The second-order valence-electron chi connectivity index (χ2n) is 3.10. The molecule has 1 aromatic rings. The van der Waals surface area contributed by atoms with E-state index in [1.165, 1.54) is 12.1 Å². The molecule has 0 aliphatic carbocycles. The molecule has 1 rings (SSSR count). The maximum Gasteiger partial charge on any atom is 0.239 e. The Morgan fingerprint density at radius 2 is 2.25 bits per heavy atom. The Balaban J connectivity index is 2.62. The van der Waals surface area contributed by atoms with Gasteiger partial charge in [-0.2, -0.15) is 0 Å². The number of halogens is 1. The van der Waals surface area contributed by atoms with Gasteiger partial charge in [-0.3, -0.25) is 4.79 Å². The molecule has 88 valence electrons. The Labute approximate surface area is 93.8 Å². The molecule has 0 aliphatic rings. The van der Waals surface area contributed by atoms with Crippen molar-refractivity contribution in [2.24, 2.45) is 0 Å². The number of likely N-dealkylation sites (N-methyl/N-ethyl adjacent to an activating group) is 1. The largest absolute Gasteiger partial charge is 0.491 e. The van der Waals surface area contributed by atoms with Crippen molar-refractivity contribution in [3.8, 4) is 5.75 Å². The number of amides is 1. The van der Waals surface area contributed by atoms with Gasteiger partial charge in [-0.05, 0) is 19.1 Å². The van der Waals surface area contributed by atoms with Crippen molar-refractivity contribution in [1.29, 1.82) is 0 Å². The van der Waals surface area contributed by atoms with E-state index in [-0.39, 0.29) is 18.2 Å². The molecule has 0 bridgehead atoms. The van der Waals surface area contributed by atoms with Crippen molar-refractivity contribution in [2.45, 2.75) is 6.92 Å². The summed E-state index contributed by atoms with van der Waals surface area (Å²) in [6.45, 7) is 2.32. The minimum Gasteiger partial charge on any atom is -0.491 e. The van der Waals surface area contributed by atoms with Crippen molar-refractivity contribution in [3.05, 3.63) is 24.0 Å². The van der Waals surface area contributed by atoms with E-state index >= 15 is 0 Å². The second-order valence-corrected chi connectivity index (χ2v) is 3.10. The Kier molecular flexibility index (Phi) is 4.57. The van der Waals surface area contributed by atoms with E-state index in [9.17, 15) is 9.18 Å². The molecule has 0 saturated heterocycles. The third-order valence-corrected chi connectivity index (χ3v) is 1.96. The molecular formula is C11H15FN2O2. The fraction of sp³-hybridized carbons (Fsp3) is 0.364. The van der Waals surface area contributed by atoms with Crippen molar-refractivity contribution in [2.75, 3.05) is 25.5 Å². The molecule has 0 saturated carbocycles. The summed E-state index contributed by atoms with van der Waals surface area (Å²) >= 11 is 0. The first-order valence-corrected chi connectivity index (χ1v) is 5.04. The second kappa shape index (κ2) is 5.95. The first-order valence-electron chi connectivity index (χ1n) is 5.04. The van der Waals surface area contributed by atoms with E-state index in [2.05, 4.69) is 10.6 Å². The van der Waals surface area contributed by atoms with Crippen molar-refractivity contribution in [1.82, 2.24) is 5.32 Å². The predicted octanol–water partition coefficient (Wildman–Crippen LogP) is 1.38. The highest BCUT2D eigenvalue weighted by Crippen LogP contribution is 2.20. The average molecular weight is 226 g/mol. The van der Waals surface area contributed by atoms with Crippen molar-refractivity contribution >= 4 is 11.6 Å². The molecule has 0 heterocycles. The topological polar surface area (TPSA) is 50.4 Å². The highest BCUT2D eigenvalue weighted by molar-refractivity contribution is 5.80. The molecule has 0 unspecified atom stereocenters. The maximum atomic E-state index is 13.4. The van der Waals surface area contributed by atoms with E-state index in [0.29, 0.717) is 12.3 Å². The highest BCUT2D eigenvalue weighted by Gasteiger charge is 2.04. The first-order chi connectivity index (χ1) is 7.67. The normalized spacial score (nSPS) is 9.69. The lowest BCUT2D eigenvalue weighted by molar-refractivity contribution is -0.118. The summed E-state index contributed by atoms with van der Waals surface area (Å²) in [5, 5.41) is 5.26. The van der Waals surface area contributed by atoms with Gasteiger partial charge in [0.2, 0.25) is 5.91 Å². The molecule has 0 spiro atoms. The van der Waals surface area contributed by atoms with E-state index in [1.54, 1.807) is 20.0 Å². The summed E-state index contributed by atoms with van der Waals surface area (Å²) in [7, 11) is 1.54. The van der Waals surface area contributed by atoms with E-state index in [0.717, 1.165) is 0 Å². The summed E-state index contributed by atoms with van der Waals surface area (Å²) in [5.41, 5.74) is 0.546. The van der Waals surface area contributed by atoms with Crippen LogP contribution in [-0.2, 0) is 4.79 Å². The van der Waals surface area contributed by atoms with Gasteiger partial charge < -0.3 is 15.4 Å². The molecule has 0 radical (unpaired) electrons. The van der Waals surface area contributed by atoms with Crippen LogP contribution < -0.4 is 15.4 Å². The van der Waals surface area contributed by atoms with Crippen LogP contribution in [0, 0.1) is 5.82 Å². The van der Waals surface area contributed by atoms with Crippen LogP contribution in [0.2, 0.25) is 0 Å². The van der Waals surface area contributed by atoms with Gasteiger partial charge in [-0.25, -0.2) is 4.39 Å². The van der Waals surface area contributed by atoms with Gasteiger partial charge in [0.1, 0.15) is 0 Å². The number of carbonyl (C=O) groups excluding carboxylic acids is 1. The van der Waals surface area contributed by atoms with Crippen molar-refractivity contribution in [3.63, 3.8) is 0 Å². The number of anilines is 1. The number of hydrogen-bond donors (Lipinski definition) is 2. The lowest BCUT2D eigenvalue weighted by Crippen LogP contribution is -2.26. The van der Waals surface area contributed by atoms with Gasteiger partial charge in [0.05, 0.1) is 13.2 Å². The van der Waals surface area contributed by atoms with Crippen LogP contribution in [0.25, 0.3) is 0 Å². The van der Waals surface area contributed by atoms with Gasteiger partial charge in [0.15, 0.2) is 11.6 Å². The number of carbonyl (C=O) groups is 1. The van der Waals surface area contributed by atoms with E-state index < -0.39 is 5.82 Å². The summed E-state index contributed by atoms with van der Waals surface area (Å²) < 4.78 is 18.4. The number of hydrogen-bond acceptors (Lipinski definition) is 3. The zero-order chi connectivity index (χ0) is 12.0. The van der Waals surface area contributed by atoms with Crippen LogP contribution in [0.4, 0.5) is 10.1 Å². The summed E-state index contributed by atoms with van der Waals surface area (Å²) in [4.78, 5) is 10.9. The Hall–Kier alpha value is -1.78. The Morgan fingerprint density at radius 1 is 1.50 bits per heavy atom. The predicted molar refractivity (Wildman–Crippen MR) is 60.1 cm³/mol. The van der Waals surface area contributed by atoms with Crippen LogP contribution in [0.5, 0.6) is 5.75 Å². The molecule has 0 fully saturated rings. The van der Waals surface area contributed by atoms with Gasteiger partial charge in [-0.15, -0.1) is 0 Å². The standard InChI is InChI=1S/C11H15FN2O2/c1-3-16-10-5-4-8(6-9(10)12)14-7-11(15)13-2/h4-6,14H,3,7H2,1-2H3,(H,13,15). The Morgan fingerprint density at radius 3 is 2.81 bits per heavy atom. The monoisotopic (exact) mass is 226 g/mol. The number of rotatable bonds is 5. The van der Waals surface area contributed by atoms with Crippen LogP contribution in [-0.4, -0.2) is 26.1 Å².